The van der Waals surface area contributed by atoms with Gasteiger partial charge in [0.15, 0.2) is 0 Å². The summed E-state index contributed by atoms with van der Waals surface area (Å²) in [7, 11) is 1.53. The smallest absolute Gasteiger partial charge is 0.221 e. The molecule has 1 amide bonds. The minimum atomic E-state index is -0.187. The molecular weight excluding hydrogens is 240 g/mol. The van der Waals surface area contributed by atoms with E-state index in [4.69, 9.17) is 22.1 Å². The minimum absolute atomic E-state index is 0.187. The molecule has 0 radical (unpaired) electrons. The number of anilines is 1. The molecule has 4 nitrogen and oxygen atoms in total. The molecule has 1 aromatic rings. The quantitative estimate of drug-likeness (QED) is 0.866. The summed E-state index contributed by atoms with van der Waals surface area (Å²) in [6, 6.07) is 3.41. The fraction of sp³-hybridized carbons (Fsp3) is 0.250. The number of halogens is 1. The Labute approximate surface area is 105 Å². The third-order valence-electron chi connectivity index (χ3n) is 2.10. The van der Waals surface area contributed by atoms with E-state index in [9.17, 15) is 4.79 Å². The summed E-state index contributed by atoms with van der Waals surface area (Å²) in [5.74, 6) is 0.370. The summed E-state index contributed by atoms with van der Waals surface area (Å²) in [6.45, 7) is 1.82. The lowest BCUT2D eigenvalue weighted by molar-refractivity contribution is -0.114. The number of rotatable bonds is 4. The maximum Gasteiger partial charge on any atom is 0.221 e. The molecule has 1 rings (SSSR count). The maximum absolute atomic E-state index is 11.2. The van der Waals surface area contributed by atoms with E-state index in [1.807, 2.05) is 0 Å². The second kappa shape index (κ2) is 6.27. The molecule has 92 valence electrons. The molecule has 0 spiro atoms. The van der Waals surface area contributed by atoms with Gasteiger partial charge in [-0.15, -0.1) is 0 Å². The van der Waals surface area contributed by atoms with E-state index in [-0.39, 0.29) is 5.91 Å². The van der Waals surface area contributed by atoms with Crippen LogP contribution in [0.2, 0.25) is 5.02 Å². The van der Waals surface area contributed by atoms with Crippen LogP contribution in [-0.2, 0) is 4.79 Å². The highest BCUT2D eigenvalue weighted by Gasteiger charge is 2.12. The highest BCUT2D eigenvalue weighted by molar-refractivity contribution is 6.32. The molecule has 0 fully saturated rings. The van der Waals surface area contributed by atoms with Crippen molar-refractivity contribution in [2.24, 2.45) is 5.73 Å². The van der Waals surface area contributed by atoms with Gasteiger partial charge in [-0.25, -0.2) is 0 Å². The second-order valence-electron chi connectivity index (χ2n) is 3.36. The summed E-state index contributed by atoms with van der Waals surface area (Å²) >= 11 is 6.08. The molecule has 0 bridgehead atoms. The maximum atomic E-state index is 11.2. The number of benzene rings is 1. The monoisotopic (exact) mass is 254 g/mol. The van der Waals surface area contributed by atoms with Crippen molar-refractivity contribution in [3.8, 4) is 5.75 Å². The van der Waals surface area contributed by atoms with Gasteiger partial charge >= 0.3 is 0 Å². The van der Waals surface area contributed by atoms with Crippen molar-refractivity contribution in [2.45, 2.75) is 6.92 Å². The van der Waals surface area contributed by atoms with Crippen molar-refractivity contribution < 1.29 is 9.53 Å². The van der Waals surface area contributed by atoms with Crippen LogP contribution >= 0.6 is 11.6 Å². The number of nitrogens with two attached hydrogens (primary N) is 1. The lowest BCUT2D eigenvalue weighted by Gasteiger charge is -2.13. The van der Waals surface area contributed by atoms with E-state index in [0.29, 0.717) is 28.6 Å². The van der Waals surface area contributed by atoms with Crippen LogP contribution in [0.3, 0.4) is 0 Å². The molecule has 0 aliphatic carbocycles. The Morgan fingerprint density at radius 3 is 2.82 bits per heavy atom. The second-order valence-corrected chi connectivity index (χ2v) is 3.76. The molecule has 0 heterocycles. The molecule has 17 heavy (non-hydrogen) atoms. The van der Waals surface area contributed by atoms with Gasteiger partial charge in [0.2, 0.25) is 5.91 Å². The van der Waals surface area contributed by atoms with E-state index in [1.54, 1.807) is 24.3 Å². The zero-order chi connectivity index (χ0) is 12.8. The molecule has 0 atom stereocenters. The van der Waals surface area contributed by atoms with E-state index in [1.165, 1.54) is 14.0 Å². The van der Waals surface area contributed by atoms with Crippen LogP contribution < -0.4 is 15.8 Å². The number of hydrogen-bond acceptors (Lipinski definition) is 3. The molecule has 3 N–H and O–H groups in total. The molecule has 0 unspecified atom stereocenters. The largest absolute Gasteiger partial charge is 0.495 e. The number of carbonyl (C=O) groups is 1. The Bertz CT molecular complexity index is 444. The van der Waals surface area contributed by atoms with Gasteiger partial charge in [-0.2, -0.15) is 0 Å². The Balaban J connectivity index is 3.30. The zero-order valence-corrected chi connectivity index (χ0v) is 10.5. The zero-order valence-electron chi connectivity index (χ0n) is 9.79. The van der Waals surface area contributed by atoms with Crippen LogP contribution in [0.1, 0.15) is 12.5 Å². The van der Waals surface area contributed by atoms with Gasteiger partial charge in [-0.1, -0.05) is 23.8 Å². The van der Waals surface area contributed by atoms with E-state index >= 15 is 0 Å². The number of amides is 1. The van der Waals surface area contributed by atoms with Crippen molar-refractivity contribution in [1.29, 1.82) is 0 Å². The van der Waals surface area contributed by atoms with Crippen LogP contribution in [-0.4, -0.2) is 19.6 Å². The first-order chi connectivity index (χ1) is 8.10. The topological polar surface area (TPSA) is 64.3 Å². The summed E-state index contributed by atoms with van der Waals surface area (Å²) in [6.07, 6.45) is 3.52. The number of methoxy groups -OCH3 is 1. The third-order valence-corrected chi connectivity index (χ3v) is 2.43. The van der Waals surface area contributed by atoms with Gasteiger partial charge in [0, 0.05) is 19.0 Å². The number of ether oxygens (including phenoxy) is 1. The van der Waals surface area contributed by atoms with E-state index in [0.717, 1.165) is 0 Å². The fourth-order valence-corrected chi connectivity index (χ4v) is 1.62. The van der Waals surface area contributed by atoms with Gasteiger partial charge in [0.05, 0.1) is 17.8 Å². The average molecular weight is 255 g/mol. The van der Waals surface area contributed by atoms with E-state index < -0.39 is 0 Å². The molecule has 0 saturated heterocycles. The van der Waals surface area contributed by atoms with Gasteiger partial charge in [0.1, 0.15) is 5.75 Å². The Kier molecular flexibility index (Phi) is 5.00. The molecule has 0 aliphatic heterocycles. The Hall–Kier alpha value is -1.52. The van der Waals surface area contributed by atoms with Crippen LogP contribution in [0, 0.1) is 0 Å². The molecule has 0 aliphatic rings. The van der Waals surface area contributed by atoms with Crippen LogP contribution in [0.5, 0.6) is 5.75 Å². The predicted octanol–water partition coefficient (Wildman–Crippen LogP) is 2.28. The molecule has 1 aromatic carbocycles. The average Bonchev–Trinajstić information content (AvgIpc) is 2.28. The summed E-state index contributed by atoms with van der Waals surface area (Å²) in [5, 5.41) is 3.23. The van der Waals surface area contributed by atoms with Crippen molar-refractivity contribution >= 4 is 29.3 Å². The van der Waals surface area contributed by atoms with Crippen molar-refractivity contribution in [3.05, 3.63) is 28.8 Å². The minimum Gasteiger partial charge on any atom is -0.495 e. The molecular formula is C12H15ClN2O2. The van der Waals surface area contributed by atoms with Crippen LogP contribution in [0.4, 0.5) is 5.69 Å². The summed E-state index contributed by atoms with van der Waals surface area (Å²) in [5.41, 5.74) is 6.64. The van der Waals surface area contributed by atoms with Crippen molar-refractivity contribution in [1.82, 2.24) is 0 Å². The normalized spacial score (nSPS) is 10.6. The number of carbonyl (C=O) groups excluding carboxylic acids is 1. The van der Waals surface area contributed by atoms with Gasteiger partial charge in [-0.05, 0) is 12.1 Å². The first kappa shape index (κ1) is 13.5. The standard InChI is InChI=1S/C12H15ClN2O2/c1-8(16)15-12-9(4-3-7-14)10(13)5-6-11(12)17-2/h3-6H,7,14H2,1-2H3,(H,15,16)/b4-3+. The lowest BCUT2D eigenvalue weighted by Crippen LogP contribution is -2.09. The van der Waals surface area contributed by atoms with Crippen molar-refractivity contribution in [2.75, 3.05) is 19.0 Å². The summed E-state index contributed by atoms with van der Waals surface area (Å²) in [4.78, 5) is 11.2. The lowest BCUT2D eigenvalue weighted by atomic mass is 10.1. The first-order valence-corrected chi connectivity index (χ1v) is 5.48. The number of hydrogen-bond donors (Lipinski definition) is 2. The SMILES string of the molecule is COc1ccc(Cl)c(/C=C/CN)c1NC(C)=O. The van der Waals surface area contributed by atoms with Crippen LogP contribution in [0.15, 0.2) is 18.2 Å². The van der Waals surface area contributed by atoms with Crippen molar-refractivity contribution in [3.63, 3.8) is 0 Å². The highest BCUT2D eigenvalue weighted by Crippen LogP contribution is 2.34. The third kappa shape index (κ3) is 3.47. The fourth-order valence-electron chi connectivity index (χ4n) is 1.40. The molecule has 5 heteroatoms. The predicted molar refractivity (Wildman–Crippen MR) is 70.4 cm³/mol. The highest BCUT2D eigenvalue weighted by atomic mass is 35.5. The van der Waals surface area contributed by atoms with E-state index in [2.05, 4.69) is 5.32 Å². The first-order valence-electron chi connectivity index (χ1n) is 5.10. The molecule has 0 saturated carbocycles. The summed E-state index contributed by atoms with van der Waals surface area (Å²) < 4.78 is 5.18. The van der Waals surface area contributed by atoms with Gasteiger partial charge in [-0.3, -0.25) is 4.79 Å². The Morgan fingerprint density at radius 1 is 1.59 bits per heavy atom. The van der Waals surface area contributed by atoms with Gasteiger partial charge in [0.25, 0.3) is 0 Å². The molecule has 0 aromatic heterocycles. The van der Waals surface area contributed by atoms with Crippen LogP contribution in [0.25, 0.3) is 6.08 Å². The number of nitrogens with one attached hydrogen (secondary N) is 1. The van der Waals surface area contributed by atoms with Gasteiger partial charge < -0.3 is 15.8 Å². The Morgan fingerprint density at radius 2 is 2.29 bits per heavy atom.